The molecule has 0 saturated carbocycles. The average Bonchev–Trinajstić information content (AvgIpc) is 3.75. The van der Waals surface area contributed by atoms with Gasteiger partial charge in [-0.05, 0) is 114 Å². The standard InChI is InChI=1S/C54H69N4O9PS2/c1-11-32-55-49(59)29-31-53(7,8)70-69-48-20-16-15-17-40(48)30-33-65-68(58(37(2)3)38(4)5)67-46-34-50(57-35-39(6)51(60)56-52(57)61)66-47(46)36-64-54(41-18-13-12-14-19-41,42-21-25-44(62-9)26-22-42)43-23-27-45(63-10)28-24-43/h11-28,35,37-38,46-47,50H,1,29-34,36H2,2-10H3,(H,55,59)(H,56,60,61). The third-order valence-corrected chi connectivity index (χ3v) is 17.7. The third-order valence-electron chi connectivity index (χ3n) is 12.0. The van der Waals surface area contributed by atoms with Crippen molar-refractivity contribution < 1.29 is 32.8 Å². The van der Waals surface area contributed by atoms with E-state index in [1.165, 1.54) is 4.57 Å². The Kier molecular flexibility index (Phi) is 20.0. The van der Waals surface area contributed by atoms with E-state index in [0.717, 1.165) is 33.6 Å². The molecule has 1 amide bonds. The molecule has 4 atom stereocenters. The van der Waals surface area contributed by atoms with Gasteiger partial charge in [-0.1, -0.05) is 100 Å². The molecule has 0 radical (unpaired) electrons. The summed E-state index contributed by atoms with van der Waals surface area (Å²) in [7, 11) is 5.04. The summed E-state index contributed by atoms with van der Waals surface area (Å²) in [6, 6.07) is 34.2. The molecule has 1 aliphatic rings. The molecule has 4 unspecified atom stereocenters. The van der Waals surface area contributed by atoms with Gasteiger partial charge in [0.15, 0.2) is 0 Å². The maximum absolute atomic E-state index is 13.5. The van der Waals surface area contributed by atoms with Crippen molar-refractivity contribution in [3.8, 4) is 11.5 Å². The van der Waals surface area contributed by atoms with Crippen molar-refractivity contribution in [3.05, 3.63) is 171 Å². The van der Waals surface area contributed by atoms with Crippen LogP contribution in [0.2, 0.25) is 0 Å². The summed E-state index contributed by atoms with van der Waals surface area (Å²) >= 11 is 0. The summed E-state index contributed by atoms with van der Waals surface area (Å²) in [5.41, 5.74) is 1.94. The van der Waals surface area contributed by atoms with Crippen LogP contribution in [0.5, 0.6) is 11.5 Å². The van der Waals surface area contributed by atoms with Gasteiger partial charge >= 0.3 is 5.69 Å². The number of methoxy groups -OCH3 is 2. The smallest absolute Gasteiger partial charge is 0.330 e. The van der Waals surface area contributed by atoms with Crippen molar-refractivity contribution in [3.63, 3.8) is 0 Å². The number of rotatable bonds is 26. The molecule has 0 bridgehead atoms. The van der Waals surface area contributed by atoms with Gasteiger partial charge in [0.25, 0.3) is 14.1 Å². The molecule has 70 heavy (non-hydrogen) atoms. The number of hydrogen-bond donors (Lipinski definition) is 2. The van der Waals surface area contributed by atoms with E-state index in [4.69, 9.17) is 28.0 Å². The minimum Gasteiger partial charge on any atom is -0.497 e. The molecule has 1 aromatic heterocycles. The number of aromatic nitrogens is 2. The molecule has 0 aliphatic carbocycles. The predicted molar refractivity (Wildman–Crippen MR) is 283 cm³/mol. The van der Waals surface area contributed by atoms with Crippen LogP contribution in [0.1, 0.15) is 94.9 Å². The fourth-order valence-electron chi connectivity index (χ4n) is 8.37. The molecule has 16 heteroatoms. The van der Waals surface area contributed by atoms with Crippen molar-refractivity contribution in [1.29, 1.82) is 0 Å². The first-order valence-electron chi connectivity index (χ1n) is 23.7. The normalized spacial score (nSPS) is 16.7. The molecule has 1 fully saturated rings. The third kappa shape index (κ3) is 14.0. The van der Waals surface area contributed by atoms with Crippen molar-refractivity contribution in [1.82, 2.24) is 19.5 Å². The number of carbonyl (C=O) groups is 1. The van der Waals surface area contributed by atoms with E-state index < -0.39 is 43.8 Å². The van der Waals surface area contributed by atoms with Gasteiger partial charge in [0.2, 0.25) is 5.91 Å². The highest BCUT2D eigenvalue weighted by atomic mass is 33.1. The molecule has 5 aromatic rings. The Labute approximate surface area is 422 Å². The Hall–Kier alpha value is -4.70. The van der Waals surface area contributed by atoms with Crippen LogP contribution >= 0.6 is 30.1 Å². The summed E-state index contributed by atoms with van der Waals surface area (Å²) in [5.74, 6) is 1.43. The van der Waals surface area contributed by atoms with Crippen molar-refractivity contribution in [2.75, 3.05) is 34.0 Å². The predicted octanol–water partition coefficient (Wildman–Crippen LogP) is 10.7. The number of nitrogens with zero attached hydrogens (tertiary/aromatic N) is 2. The average molecular weight is 1010 g/mol. The molecule has 376 valence electrons. The number of H-pyrrole nitrogens is 1. The largest absolute Gasteiger partial charge is 0.497 e. The Morgan fingerprint density at radius 3 is 2.11 bits per heavy atom. The minimum absolute atomic E-state index is 0.0213. The minimum atomic E-state index is -1.71. The van der Waals surface area contributed by atoms with Crippen molar-refractivity contribution in [2.45, 2.75) is 120 Å². The summed E-state index contributed by atoms with van der Waals surface area (Å²) in [6.45, 7) is 19.1. The first-order chi connectivity index (χ1) is 33.6. The van der Waals surface area contributed by atoms with E-state index in [-0.39, 0.29) is 35.8 Å². The number of amides is 1. The maximum Gasteiger partial charge on any atom is 0.330 e. The zero-order chi connectivity index (χ0) is 50.4. The van der Waals surface area contributed by atoms with E-state index in [1.54, 1.807) is 55.0 Å². The zero-order valence-electron chi connectivity index (χ0n) is 41.8. The number of aromatic amines is 1. The zero-order valence-corrected chi connectivity index (χ0v) is 44.4. The van der Waals surface area contributed by atoms with Gasteiger partial charge in [-0.15, -0.1) is 6.58 Å². The number of carbonyl (C=O) groups excluding carboxylic acids is 1. The molecule has 0 spiro atoms. The van der Waals surface area contributed by atoms with Gasteiger partial charge in [-0.3, -0.25) is 19.1 Å². The first-order valence-corrected chi connectivity index (χ1v) is 27.0. The van der Waals surface area contributed by atoms with Crippen molar-refractivity contribution in [2.24, 2.45) is 0 Å². The van der Waals surface area contributed by atoms with Gasteiger partial charge in [0.1, 0.15) is 29.4 Å². The molecule has 2 heterocycles. The SMILES string of the molecule is C=CCNC(=O)CCC(C)(C)SSc1ccccc1CCOP(OC1CC(n2cc(C)c(=O)[nH]c2=O)OC1COC(c1ccccc1)(c1ccc(OC)cc1)c1ccc(OC)cc1)N(C(C)C)C(C)C. The molecular weight excluding hydrogens is 944 g/mol. The van der Waals surface area contributed by atoms with Crippen LogP contribution in [-0.2, 0) is 35.3 Å². The molecular formula is C54H69N4O9PS2. The highest BCUT2D eigenvalue weighted by Crippen LogP contribution is 2.51. The highest BCUT2D eigenvalue weighted by molar-refractivity contribution is 8.77. The first kappa shape index (κ1) is 54.6. The van der Waals surface area contributed by atoms with Crippen LogP contribution in [0.4, 0.5) is 0 Å². The van der Waals surface area contributed by atoms with E-state index >= 15 is 0 Å². The van der Waals surface area contributed by atoms with Gasteiger partial charge in [-0.2, -0.15) is 0 Å². The van der Waals surface area contributed by atoms with E-state index in [0.29, 0.717) is 43.1 Å². The highest BCUT2D eigenvalue weighted by Gasteiger charge is 2.45. The van der Waals surface area contributed by atoms with Crippen LogP contribution in [0.25, 0.3) is 0 Å². The number of aryl methyl sites for hydroxylation is 1. The Bertz CT molecular complexity index is 2520. The Morgan fingerprint density at radius 2 is 1.51 bits per heavy atom. The van der Waals surface area contributed by atoms with E-state index in [1.807, 2.05) is 91.0 Å². The second kappa shape index (κ2) is 25.6. The second-order valence-corrected chi connectivity index (χ2v) is 22.6. The van der Waals surface area contributed by atoms with Gasteiger partial charge < -0.3 is 33.3 Å². The fourth-order valence-corrected chi connectivity index (χ4v) is 12.7. The van der Waals surface area contributed by atoms with Gasteiger partial charge in [0, 0.05) is 52.9 Å². The van der Waals surface area contributed by atoms with Crippen LogP contribution in [0.15, 0.2) is 136 Å². The monoisotopic (exact) mass is 1010 g/mol. The van der Waals surface area contributed by atoms with Gasteiger partial charge in [-0.25, -0.2) is 9.46 Å². The number of benzene rings is 4. The summed E-state index contributed by atoms with van der Waals surface area (Å²) < 4.78 is 43.1. The van der Waals surface area contributed by atoms with Crippen LogP contribution < -0.4 is 26.0 Å². The van der Waals surface area contributed by atoms with E-state index in [9.17, 15) is 14.4 Å². The van der Waals surface area contributed by atoms with E-state index in [2.05, 4.69) is 75.2 Å². The Balaban J connectivity index is 1.31. The molecule has 1 saturated heterocycles. The van der Waals surface area contributed by atoms with Crippen molar-refractivity contribution >= 4 is 36.0 Å². The lowest BCUT2D eigenvalue weighted by Gasteiger charge is -2.39. The lowest BCUT2D eigenvalue weighted by atomic mass is 9.80. The second-order valence-electron chi connectivity index (χ2n) is 18.3. The maximum atomic E-state index is 13.5. The summed E-state index contributed by atoms with van der Waals surface area (Å²) in [4.78, 5) is 42.0. The van der Waals surface area contributed by atoms with Crippen LogP contribution in [0.3, 0.4) is 0 Å². The number of ether oxygens (including phenoxy) is 4. The lowest BCUT2D eigenvalue weighted by molar-refractivity contribution is -0.121. The van der Waals surface area contributed by atoms with Gasteiger partial charge in [0.05, 0.1) is 33.5 Å². The molecule has 2 N–H and O–H groups in total. The Morgan fingerprint density at radius 1 is 0.914 bits per heavy atom. The van der Waals surface area contributed by atoms with Crippen LogP contribution in [-0.4, -0.2) is 83.1 Å². The van der Waals surface area contributed by atoms with Crippen LogP contribution in [0, 0.1) is 6.92 Å². The lowest BCUT2D eigenvalue weighted by Crippen LogP contribution is -2.39. The summed E-state index contributed by atoms with van der Waals surface area (Å²) in [6.07, 6.45) is 3.19. The topological polar surface area (TPSA) is 143 Å². The molecule has 13 nitrogen and oxygen atoms in total. The number of hydrogen-bond acceptors (Lipinski definition) is 12. The quantitative estimate of drug-likeness (QED) is 0.0236. The molecule has 4 aromatic carbocycles. The number of nitrogens with one attached hydrogen (secondary N) is 2. The molecule has 6 rings (SSSR count). The molecule has 1 aliphatic heterocycles. The fraction of sp³-hybridized carbons (Fsp3) is 0.426. The summed E-state index contributed by atoms with van der Waals surface area (Å²) in [5, 5.41) is 2.87.